The summed E-state index contributed by atoms with van der Waals surface area (Å²) in [6, 6.07) is 13.1. The minimum atomic E-state index is -0.472. The molecule has 0 spiro atoms. The molecule has 0 bridgehead atoms. The molecule has 6 heteroatoms. The van der Waals surface area contributed by atoms with Crippen LogP contribution >= 0.6 is 0 Å². The first kappa shape index (κ1) is 19.2. The van der Waals surface area contributed by atoms with Gasteiger partial charge in [0.05, 0.1) is 12.5 Å². The summed E-state index contributed by atoms with van der Waals surface area (Å²) in [6.07, 6.45) is 2.52. The van der Waals surface area contributed by atoms with Crippen molar-refractivity contribution in [1.82, 2.24) is 4.90 Å². The Hall–Kier alpha value is -3.15. The highest BCUT2D eigenvalue weighted by molar-refractivity contribution is 6.00. The van der Waals surface area contributed by atoms with Crippen LogP contribution in [0.3, 0.4) is 0 Å². The van der Waals surface area contributed by atoms with Crippen LogP contribution in [0.4, 0.5) is 5.69 Å². The lowest BCUT2D eigenvalue weighted by Gasteiger charge is -2.38. The molecule has 2 aromatic carbocycles. The Morgan fingerprint density at radius 1 is 1.03 bits per heavy atom. The van der Waals surface area contributed by atoms with Crippen LogP contribution in [-0.4, -0.2) is 35.7 Å². The Kier molecular flexibility index (Phi) is 5.09. The van der Waals surface area contributed by atoms with Crippen LogP contribution < -0.4 is 10.6 Å². The number of amides is 3. The molecule has 2 aromatic rings. The van der Waals surface area contributed by atoms with E-state index in [1.807, 2.05) is 24.3 Å². The maximum atomic E-state index is 13.4. The van der Waals surface area contributed by atoms with Gasteiger partial charge in [0.2, 0.25) is 17.7 Å². The number of carbonyl (C=O) groups is 3. The zero-order valence-electron chi connectivity index (χ0n) is 16.6. The predicted molar refractivity (Wildman–Crippen MR) is 111 cm³/mol. The number of anilines is 1. The van der Waals surface area contributed by atoms with Gasteiger partial charge < -0.3 is 15.5 Å². The third-order valence-electron chi connectivity index (χ3n) is 6.00. The third-order valence-corrected chi connectivity index (χ3v) is 6.00. The van der Waals surface area contributed by atoms with E-state index >= 15 is 0 Å². The number of hydrogen-bond donors (Lipinski definition) is 1. The van der Waals surface area contributed by atoms with Crippen molar-refractivity contribution in [3.63, 3.8) is 0 Å². The lowest BCUT2D eigenvalue weighted by Crippen LogP contribution is -2.43. The maximum absolute atomic E-state index is 13.4. The van der Waals surface area contributed by atoms with E-state index in [0.717, 1.165) is 36.1 Å². The number of fused-ring (bicyclic) bond motifs is 2. The molecule has 2 aliphatic rings. The van der Waals surface area contributed by atoms with Gasteiger partial charge in [-0.05, 0) is 48.1 Å². The molecule has 0 fully saturated rings. The zero-order chi connectivity index (χ0) is 20.5. The van der Waals surface area contributed by atoms with E-state index in [-0.39, 0.29) is 24.3 Å². The fourth-order valence-electron chi connectivity index (χ4n) is 4.64. The number of hydrogen-bond acceptors (Lipinski definition) is 3. The van der Waals surface area contributed by atoms with Crippen molar-refractivity contribution in [2.75, 3.05) is 18.0 Å². The number of nitrogens with two attached hydrogens (primary N) is 1. The van der Waals surface area contributed by atoms with Crippen molar-refractivity contribution in [3.8, 4) is 0 Å². The summed E-state index contributed by atoms with van der Waals surface area (Å²) in [7, 11) is 0. The van der Waals surface area contributed by atoms with E-state index in [1.165, 1.54) is 5.56 Å². The van der Waals surface area contributed by atoms with Gasteiger partial charge in [0.1, 0.15) is 0 Å². The smallest absolute Gasteiger partial charge is 0.249 e. The van der Waals surface area contributed by atoms with Crippen LogP contribution in [0.25, 0.3) is 0 Å². The number of primary amides is 1. The number of rotatable bonds is 3. The van der Waals surface area contributed by atoms with Crippen LogP contribution in [0.5, 0.6) is 0 Å². The first-order valence-corrected chi connectivity index (χ1v) is 10.0. The lowest BCUT2D eigenvalue weighted by atomic mass is 9.89. The fourth-order valence-corrected chi connectivity index (χ4v) is 4.64. The first-order valence-electron chi connectivity index (χ1n) is 10.0. The third kappa shape index (κ3) is 3.50. The average Bonchev–Trinajstić information content (AvgIpc) is 2.72. The lowest BCUT2D eigenvalue weighted by molar-refractivity contribution is -0.133. The largest absolute Gasteiger partial charge is 0.366 e. The fraction of sp³-hybridized carbons (Fsp3) is 0.348. The van der Waals surface area contributed by atoms with E-state index in [9.17, 15) is 14.4 Å². The number of benzene rings is 2. The molecule has 4 rings (SSSR count). The molecule has 1 unspecified atom stereocenters. The van der Waals surface area contributed by atoms with Gasteiger partial charge in [-0.25, -0.2) is 0 Å². The SMILES string of the molecule is CC(=O)N1CCc2ccccc2C1CC(=O)N1CCCc2c(C(N)=O)cccc21. The molecule has 0 saturated heterocycles. The van der Waals surface area contributed by atoms with Crippen molar-refractivity contribution in [1.29, 1.82) is 0 Å². The Labute approximate surface area is 170 Å². The van der Waals surface area contributed by atoms with Gasteiger partial charge in [-0.1, -0.05) is 30.3 Å². The molecule has 6 nitrogen and oxygen atoms in total. The maximum Gasteiger partial charge on any atom is 0.249 e. The molecule has 29 heavy (non-hydrogen) atoms. The summed E-state index contributed by atoms with van der Waals surface area (Å²) in [6.45, 7) is 2.77. The molecule has 2 aliphatic heterocycles. The molecule has 0 saturated carbocycles. The van der Waals surface area contributed by atoms with E-state index in [0.29, 0.717) is 18.7 Å². The predicted octanol–water partition coefficient (Wildman–Crippen LogP) is 2.60. The monoisotopic (exact) mass is 391 g/mol. The summed E-state index contributed by atoms with van der Waals surface area (Å²) in [5.41, 5.74) is 9.85. The van der Waals surface area contributed by atoms with Gasteiger partial charge in [-0.2, -0.15) is 0 Å². The molecule has 3 amide bonds. The second-order valence-electron chi connectivity index (χ2n) is 7.70. The molecule has 0 aromatic heterocycles. The highest BCUT2D eigenvalue weighted by Crippen LogP contribution is 2.35. The van der Waals surface area contributed by atoms with Gasteiger partial charge in [0.25, 0.3) is 0 Å². The van der Waals surface area contributed by atoms with Gasteiger partial charge in [-0.3, -0.25) is 14.4 Å². The molecule has 0 radical (unpaired) electrons. The van der Waals surface area contributed by atoms with Crippen molar-refractivity contribution < 1.29 is 14.4 Å². The zero-order valence-corrected chi connectivity index (χ0v) is 16.6. The van der Waals surface area contributed by atoms with E-state index < -0.39 is 5.91 Å². The molecule has 2 heterocycles. The van der Waals surface area contributed by atoms with Crippen LogP contribution in [0, 0.1) is 0 Å². The van der Waals surface area contributed by atoms with E-state index in [1.54, 1.807) is 28.9 Å². The summed E-state index contributed by atoms with van der Waals surface area (Å²) in [4.78, 5) is 40.9. The Bertz CT molecular complexity index is 985. The molecule has 0 aliphatic carbocycles. The van der Waals surface area contributed by atoms with Gasteiger partial charge in [0, 0.05) is 31.3 Å². The average molecular weight is 391 g/mol. The molecule has 150 valence electrons. The van der Waals surface area contributed by atoms with Crippen molar-refractivity contribution in [2.24, 2.45) is 5.73 Å². The first-order chi connectivity index (χ1) is 14.0. The highest BCUT2D eigenvalue weighted by atomic mass is 16.2. The Morgan fingerprint density at radius 3 is 2.59 bits per heavy atom. The van der Waals surface area contributed by atoms with Gasteiger partial charge in [0.15, 0.2) is 0 Å². The minimum Gasteiger partial charge on any atom is -0.366 e. The van der Waals surface area contributed by atoms with Crippen LogP contribution in [0.15, 0.2) is 42.5 Å². The van der Waals surface area contributed by atoms with Gasteiger partial charge >= 0.3 is 0 Å². The molecule has 2 N–H and O–H groups in total. The molecular formula is C23H25N3O3. The van der Waals surface area contributed by atoms with Crippen LogP contribution in [-0.2, 0) is 22.4 Å². The normalized spacial score (nSPS) is 18.0. The van der Waals surface area contributed by atoms with Crippen LogP contribution in [0.2, 0.25) is 0 Å². The van der Waals surface area contributed by atoms with Gasteiger partial charge in [-0.15, -0.1) is 0 Å². The molecule has 1 atom stereocenters. The van der Waals surface area contributed by atoms with Crippen molar-refractivity contribution >= 4 is 23.4 Å². The minimum absolute atomic E-state index is 0.0210. The Morgan fingerprint density at radius 2 is 1.83 bits per heavy atom. The second kappa shape index (κ2) is 7.70. The van der Waals surface area contributed by atoms with Crippen molar-refractivity contribution in [2.45, 2.75) is 38.6 Å². The Balaban J connectivity index is 1.66. The standard InChI is InChI=1S/C23H25N3O3/c1-15(27)25-13-11-16-6-2-3-7-17(16)21(25)14-22(28)26-12-5-9-18-19(23(24)29)8-4-10-20(18)26/h2-4,6-8,10,21H,5,9,11-14H2,1H3,(H2,24,29). The second-order valence-corrected chi connectivity index (χ2v) is 7.70. The summed E-state index contributed by atoms with van der Waals surface area (Å²) >= 11 is 0. The van der Waals surface area contributed by atoms with Crippen molar-refractivity contribution in [3.05, 3.63) is 64.7 Å². The van der Waals surface area contributed by atoms with E-state index in [2.05, 4.69) is 6.07 Å². The number of nitrogens with zero attached hydrogens (tertiary/aromatic N) is 2. The highest BCUT2D eigenvalue weighted by Gasteiger charge is 2.33. The quantitative estimate of drug-likeness (QED) is 0.873. The van der Waals surface area contributed by atoms with Crippen LogP contribution in [0.1, 0.15) is 52.9 Å². The summed E-state index contributed by atoms with van der Waals surface area (Å²) < 4.78 is 0. The summed E-state index contributed by atoms with van der Waals surface area (Å²) in [5.74, 6) is -0.534. The number of carbonyl (C=O) groups excluding carboxylic acids is 3. The topological polar surface area (TPSA) is 83.7 Å². The molecular weight excluding hydrogens is 366 g/mol. The summed E-state index contributed by atoms with van der Waals surface area (Å²) in [5, 5.41) is 0. The van der Waals surface area contributed by atoms with E-state index in [4.69, 9.17) is 5.73 Å².